The average Bonchev–Trinajstić information content (AvgIpc) is 2.70. The number of carbonyl (C=O) groups excluding carboxylic acids is 4. The number of Topliss-reactive ketones (excluding diaryl/α,β-unsaturated/α-hetero) is 1. The summed E-state index contributed by atoms with van der Waals surface area (Å²) in [6.45, 7) is 0.199. The molecule has 0 aliphatic carbocycles. The van der Waals surface area contributed by atoms with Crippen LogP contribution in [-0.2, 0) is 19.1 Å². The molecule has 0 saturated heterocycles. The number of ether oxygens (including phenoxy) is 2. The number of rotatable bonds is 9. The molecule has 2 aromatic rings. The molecule has 28 heavy (non-hydrogen) atoms. The number of anilines is 1. The average molecular weight is 384 g/mol. The number of hydrogen-bond acceptors (Lipinski definition) is 6. The van der Waals surface area contributed by atoms with Crippen LogP contribution < -0.4 is 15.4 Å². The van der Waals surface area contributed by atoms with Gasteiger partial charge >= 0.3 is 5.97 Å². The van der Waals surface area contributed by atoms with Gasteiger partial charge in [0.25, 0.3) is 11.8 Å². The van der Waals surface area contributed by atoms with E-state index in [9.17, 15) is 19.2 Å². The normalized spacial score (nSPS) is 9.89. The fourth-order valence-electron chi connectivity index (χ4n) is 2.17. The fourth-order valence-corrected chi connectivity index (χ4v) is 2.17. The van der Waals surface area contributed by atoms with Crippen LogP contribution in [0.5, 0.6) is 5.75 Å². The molecule has 0 heterocycles. The van der Waals surface area contributed by atoms with E-state index in [1.807, 2.05) is 6.07 Å². The summed E-state index contributed by atoms with van der Waals surface area (Å²) in [5, 5.41) is 4.84. The van der Waals surface area contributed by atoms with Gasteiger partial charge in [0.2, 0.25) is 0 Å². The summed E-state index contributed by atoms with van der Waals surface area (Å²) in [5.74, 6) is -1.54. The van der Waals surface area contributed by atoms with Crippen LogP contribution in [0.2, 0.25) is 0 Å². The first-order valence-electron chi connectivity index (χ1n) is 8.45. The van der Waals surface area contributed by atoms with Crippen molar-refractivity contribution < 1.29 is 28.7 Å². The first-order chi connectivity index (χ1) is 13.5. The zero-order chi connectivity index (χ0) is 20.4. The van der Waals surface area contributed by atoms with Crippen molar-refractivity contribution in [3.05, 3.63) is 60.2 Å². The molecule has 0 aliphatic heterocycles. The Balaban J connectivity index is 1.68. The second kappa shape index (κ2) is 10.5. The third kappa shape index (κ3) is 6.91. The van der Waals surface area contributed by atoms with E-state index in [0.29, 0.717) is 17.0 Å². The molecule has 0 saturated carbocycles. The van der Waals surface area contributed by atoms with E-state index in [1.54, 1.807) is 48.5 Å². The third-order valence-corrected chi connectivity index (χ3v) is 3.49. The molecular formula is C20H20N2O6. The summed E-state index contributed by atoms with van der Waals surface area (Å²) < 4.78 is 10.0. The highest BCUT2D eigenvalue weighted by molar-refractivity contribution is 6.04. The lowest BCUT2D eigenvalue weighted by atomic mass is 10.1. The highest BCUT2D eigenvalue weighted by Crippen LogP contribution is 2.15. The van der Waals surface area contributed by atoms with Gasteiger partial charge in [0.05, 0.1) is 5.69 Å². The van der Waals surface area contributed by atoms with Gasteiger partial charge in [0, 0.05) is 5.56 Å². The fraction of sp³-hybridized carbons (Fsp3) is 0.200. The maximum atomic E-state index is 11.9. The van der Waals surface area contributed by atoms with E-state index in [0.717, 1.165) is 0 Å². The standard InChI is InChI=1S/C20H20N2O6/c1-14(23)16-9-5-6-10-17(16)22-19(25)13-28-20(26)11-21-18(24)12-27-15-7-3-2-4-8-15/h2-10H,11-13H2,1H3,(H,21,24)(H,22,25). The van der Waals surface area contributed by atoms with Crippen LogP contribution in [0.4, 0.5) is 5.69 Å². The third-order valence-electron chi connectivity index (χ3n) is 3.49. The molecule has 0 spiro atoms. The maximum absolute atomic E-state index is 11.9. The number of hydrogen-bond donors (Lipinski definition) is 2. The van der Waals surface area contributed by atoms with Crippen LogP contribution in [-0.4, -0.2) is 43.3 Å². The van der Waals surface area contributed by atoms with Crippen molar-refractivity contribution in [3.8, 4) is 5.75 Å². The molecule has 0 unspecified atom stereocenters. The quantitative estimate of drug-likeness (QED) is 0.501. The molecule has 2 N–H and O–H groups in total. The molecule has 0 radical (unpaired) electrons. The number of esters is 1. The lowest BCUT2D eigenvalue weighted by molar-refractivity contribution is -0.147. The Bertz CT molecular complexity index is 851. The first kappa shape index (κ1) is 20.6. The first-order valence-corrected chi connectivity index (χ1v) is 8.45. The number of para-hydroxylation sites is 2. The number of nitrogens with one attached hydrogen (secondary N) is 2. The summed E-state index contributed by atoms with van der Waals surface area (Å²) >= 11 is 0. The van der Waals surface area contributed by atoms with Gasteiger partial charge in [-0.25, -0.2) is 0 Å². The minimum absolute atomic E-state index is 0.201. The predicted octanol–water partition coefficient (Wildman–Crippen LogP) is 1.57. The number of amides is 2. The van der Waals surface area contributed by atoms with Crippen molar-refractivity contribution >= 4 is 29.3 Å². The van der Waals surface area contributed by atoms with Gasteiger partial charge < -0.3 is 20.1 Å². The van der Waals surface area contributed by atoms with Gasteiger partial charge in [0.1, 0.15) is 12.3 Å². The van der Waals surface area contributed by atoms with E-state index >= 15 is 0 Å². The molecule has 2 aromatic carbocycles. The Morgan fingerprint density at radius 3 is 2.25 bits per heavy atom. The van der Waals surface area contributed by atoms with E-state index < -0.39 is 30.9 Å². The molecule has 2 rings (SSSR count). The van der Waals surface area contributed by atoms with Crippen LogP contribution in [0, 0.1) is 0 Å². The highest BCUT2D eigenvalue weighted by atomic mass is 16.5. The van der Waals surface area contributed by atoms with Gasteiger partial charge in [-0.15, -0.1) is 0 Å². The Morgan fingerprint density at radius 2 is 1.54 bits per heavy atom. The van der Waals surface area contributed by atoms with Crippen molar-refractivity contribution in [3.63, 3.8) is 0 Å². The van der Waals surface area contributed by atoms with Crippen LogP contribution >= 0.6 is 0 Å². The van der Waals surface area contributed by atoms with Crippen molar-refractivity contribution in [2.24, 2.45) is 0 Å². The van der Waals surface area contributed by atoms with Crippen molar-refractivity contribution in [1.29, 1.82) is 0 Å². The zero-order valence-corrected chi connectivity index (χ0v) is 15.3. The van der Waals surface area contributed by atoms with Gasteiger partial charge in [-0.3, -0.25) is 19.2 Å². The largest absolute Gasteiger partial charge is 0.484 e. The molecule has 0 aromatic heterocycles. The van der Waals surface area contributed by atoms with E-state index in [4.69, 9.17) is 9.47 Å². The van der Waals surface area contributed by atoms with Crippen LogP contribution in [0.25, 0.3) is 0 Å². The van der Waals surface area contributed by atoms with E-state index in [2.05, 4.69) is 10.6 Å². The monoisotopic (exact) mass is 384 g/mol. The van der Waals surface area contributed by atoms with Crippen molar-refractivity contribution in [1.82, 2.24) is 5.32 Å². The second-order valence-corrected chi connectivity index (χ2v) is 5.69. The Kier molecular flexibility index (Phi) is 7.71. The molecule has 2 amide bonds. The topological polar surface area (TPSA) is 111 Å². The summed E-state index contributed by atoms with van der Waals surface area (Å²) in [5.41, 5.74) is 0.690. The van der Waals surface area contributed by atoms with Crippen molar-refractivity contribution in [2.75, 3.05) is 25.1 Å². The molecule has 8 heteroatoms. The van der Waals surface area contributed by atoms with Gasteiger partial charge in [-0.2, -0.15) is 0 Å². The summed E-state index contributed by atoms with van der Waals surface area (Å²) in [6, 6.07) is 15.2. The SMILES string of the molecule is CC(=O)c1ccccc1NC(=O)COC(=O)CNC(=O)COc1ccccc1. The molecule has 0 aliphatic rings. The van der Waals surface area contributed by atoms with Crippen LogP contribution in [0.15, 0.2) is 54.6 Å². The minimum Gasteiger partial charge on any atom is -0.484 e. The Hall–Kier alpha value is -3.68. The number of ketones is 1. The summed E-state index contributed by atoms with van der Waals surface area (Å²) in [4.78, 5) is 46.7. The van der Waals surface area contributed by atoms with Gasteiger partial charge in [-0.1, -0.05) is 30.3 Å². The molecule has 0 atom stereocenters. The molecular weight excluding hydrogens is 364 g/mol. The molecule has 0 fully saturated rings. The highest BCUT2D eigenvalue weighted by Gasteiger charge is 2.12. The summed E-state index contributed by atoms with van der Waals surface area (Å²) in [7, 11) is 0. The van der Waals surface area contributed by atoms with E-state index in [-0.39, 0.29) is 12.4 Å². The Labute approximate surface area is 161 Å². The number of carbonyl (C=O) groups is 4. The van der Waals surface area contributed by atoms with Crippen LogP contribution in [0.3, 0.4) is 0 Å². The smallest absolute Gasteiger partial charge is 0.325 e. The lowest BCUT2D eigenvalue weighted by Crippen LogP contribution is -2.35. The van der Waals surface area contributed by atoms with E-state index in [1.165, 1.54) is 6.92 Å². The second-order valence-electron chi connectivity index (χ2n) is 5.69. The number of benzene rings is 2. The van der Waals surface area contributed by atoms with Gasteiger partial charge in [-0.05, 0) is 31.2 Å². The molecule has 146 valence electrons. The minimum atomic E-state index is -0.775. The molecule has 8 nitrogen and oxygen atoms in total. The van der Waals surface area contributed by atoms with Crippen LogP contribution in [0.1, 0.15) is 17.3 Å². The zero-order valence-electron chi connectivity index (χ0n) is 15.3. The van der Waals surface area contributed by atoms with Crippen molar-refractivity contribution in [2.45, 2.75) is 6.92 Å². The Morgan fingerprint density at radius 1 is 0.857 bits per heavy atom. The predicted molar refractivity (Wildman–Crippen MR) is 101 cm³/mol. The van der Waals surface area contributed by atoms with Gasteiger partial charge in [0.15, 0.2) is 19.0 Å². The lowest BCUT2D eigenvalue weighted by Gasteiger charge is -2.10. The molecule has 0 bridgehead atoms. The maximum Gasteiger partial charge on any atom is 0.325 e. The summed E-state index contributed by atoms with van der Waals surface area (Å²) in [6.07, 6.45) is 0.